The third kappa shape index (κ3) is 4.71. The molecule has 0 aliphatic rings. The number of primary amides is 1. The second kappa shape index (κ2) is 11.3. The number of carbonyl (C=O) groups excluding carboxylic acids is 1. The van der Waals surface area contributed by atoms with Crippen molar-refractivity contribution < 1.29 is 15.0 Å². The van der Waals surface area contributed by atoms with Crippen LogP contribution in [0.5, 0.6) is 0 Å². The van der Waals surface area contributed by atoms with E-state index in [1.165, 1.54) is 0 Å². The van der Waals surface area contributed by atoms with Gasteiger partial charge < -0.3 is 20.5 Å². The van der Waals surface area contributed by atoms with Gasteiger partial charge in [0.15, 0.2) is 0 Å². The fraction of sp³-hybridized carbons (Fsp3) is 0.135. The minimum absolute atomic E-state index is 0.0445. The average molecular weight is 568 g/mol. The second-order valence-electron chi connectivity index (χ2n) is 10.8. The Kier molecular flexibility index (Phi) is 7.40. The van der Waals surface area contributed by atoms with Crippen molar-refractivity contribution in [2.24, 2.45) is 5.73 Å². The summed E-state index contributed by atoms with van der Waals surface area (Å²) in [4.78, 5) is 16.7. The molecule has 214 valence electrons. The van der Waals surface area contributed by atoms with Crippen LogP contribution in [0.15, 0.2) is 134 Å². The van der Waals surface area contributed by atoms with E-state index in [4.69, 9.17) is 10.7 Å². The molecule has 6 heteroatoms. The molecule has 1 amide bonds. The summed E-state index contributed by atoms with van der Waals surface area (Å²) < 4.78 is 2.05. The maximum absolute atomic E-state index is 12.3. The lowest BCUT2D eigenvalue weighted by Crippen LogP contribution is -2.37. The zero-order valence-electron chi connectivity index (χ0n) is 23.9. The number of benzene rings is 5. The number of aliphatic hydroxyl groups excluding tert-OH is 1. The van der Waals surface area contributed by atoms with Crippen LogP contribution in [0.3, 0.4) is 0 Å². The molecular weight excluding hydrogens is 534 g/mol. The van der Waals surface area contributed by atoms with Gasteiger partial charge in [-0.15, -0.1) is 0 Å². The van der Waals surface area contributed by atoms with E-state index in [1.807, 2.05) is 92.0 Å². The summed E-state index contributed by atoms with van der Waals surface area (Å²) in [6.45, 7) is 1.61. The number of aromatic nitrogens is 2. The van der Waals surface area contributed by atoms with Crippen molar-refractivity contribution in [2.45, 2.75) is 24.5 Å². The van der Waals surface area contributed by atoms with Gasteiger partial charge in [-0.3, -0.25) is 4.79 Å². The topological polar surface area (TPSA) is 101 Å². The Morgan fingerprint density at radius 3 is 1.86 bits per heavy atom. The number of nitrogens with zero attached hydrogens (tertiary/aromatic N) is 2. The van der Waals surface area contributed by atoms with E-state index in [0.29, 0.717) is 16.8 Å². The van der Waals surface area contributed by atoms with E-state index in [0.717, 1.165) is 33.0 Å². The van der Waals surface area contributed by atoms with Crippen LogP contribution < -0.4 is 5.73 Å². The third-order valence-corrected chi connectivity index (χ3v) is 8.47. The van der Waals surface area contributed by atoms with Crippen molar-refractivity contribution in [1.82, 2.24) is 9.55 Å². The van der Waals surface area contributed by atoms with Gasteiger partial charge in [-0.25, -0.2) is 4.98 Å². The first-order chi connectivity index (χ1) is 20.9. The number of hydrogen-bond acceptors (Lipinski definition) is 4. The smallest absolute Gasteiger partial charge is 0.248 e. The molecule has 0 radical (unpaired) electrons. The van der Waals surface area contributed by atoms with Crippen molar-refractivity contribution in [3.05, 3.63) is 173 Å². The minimum Gasteiger partial charge on any atom is -0.396 e. The molecule has 0 unspecified atom stereocenters. The summed E-state index contributed by atoms with van der Waals surface area (Å²) in [5.74, 6) is -0.482. The molecule has 4 N–H and O–H groups in total. The highest BCUT2D eigenvalue weighted by molar-refractivity contribution is 6.00. The van der Waals surface area contributed by atoms with Gasteiger partial charge in [-0.1, -0.05) is 109 Å². The van der Waals surface area contributed by atoms with Crippen molar-refractivity contribution in [3.63, 3.8) is 0 Å². The molecule has 0 fully saturated rings. The van der Waals surface area contributed by atoms with E-state index >= 15 is 0 Å². The average Bonchev–Trinajstić information content (AvgIpc) is 3.54. The summed E-state index contributed by atoms with van der Waals surface area (Å²) >= 11 is 0. The fourth-order valence-electron chi connectivity index (χ4n) is 6.30. The van der Waals surface area contributed by atoms with Gasteiger partial charge in [0.1, 0.15) is 11.1 Å². The molecule has 0 saturated carbocycles. The molecule has 0 saturated heterocycles. The lowest BCUT2D eigenvalue weighted by atomic mass is 9.76. The standard InChI is InChI=1S/C37H33N3O3/c1-26-32-20-18-31(23-27(32)17-19-33(26)35(38)42)36(43,21-22-41)34-24-40(25-39-34)37(28-11-5-2-6-12-28,29-13-7-3-8-14-29)30-15-9-4-10-16-30/h2-20,23-25,41,43H,21-22H2,1H3,(H2,38,42)/t36-/m0/s1. The Morgan fingerprint density at radius 2 is 1.35 bits per heavy atom. The quantitative estimate of drug-likeness (QED) is 0.189. The Labute approximate surface area is 250 Å². The molecule has 6 nitrogen and oxygen atoms in total. The third-order valence-electron chi connectivity index (χ3n) is 8.47. The van der Waals surface area contributed by atoms with E-state index in [-0.39, 0.29) is 13.0 Å². The van der Waals surface area contributed by atoms with E-state index < -0.39 is 17.0 Å². The number of aliphatic hydroxyl groups is 2. The number of hydrogen-bond donors (Lipinski definition) is 3. The lowest BCUT2D eigenvalue weighted by molar-refractivity contribution is 0.0473. The van der Waals surface area contributed by atoms with E-state index in [2.05, 4.69) is 41.0 Å². The van der Waals surface area contributed by atoms with Crippen LogP contribution in [0, 0.1) is 6.92 Å². The Morgan fingerprint density at radius 1 is 0.791 bits per heavy atom. The molecule has 1 heterocycles. The van der Waals surface area contributed by atoms with E-state index in [9.17, 15) is 15.0 Å². The number of aryl methyl sites for hydroxylation is 1. The molecule has 0 bridgehead atoms. The van der Waals surface area contributed by atoms with Crippen molar-refractivity contribution >= 4 is 16.7 Å². The Balaban J connectivity index is 1.56. The van der Waals surface area contributed by atoms with Crippen molar-refractivity contribution in [2.75, 3.05) is 6.61 Å². The predicted molar refractivity (Wildman–Crippen MR) is 169 cm³/mol. The normalized spacial score (nSPS) is 13.1. The molecule has 6 rings (SSSR count). The number of carbonyl (C=O) groups is 1. The summed E-state index contributed by atoms with van der Waals surface area (Å²) in [6, 6.07) is 39.9. The SMILES string of the molecule is Cc1c(C(N)=O)ccc2cc([C@@](O)(CCO)c3cn(C(c4ccccc4)(c4ccccc4)c4ccccc4)cn3)ccc12. The van der Waals surface area contributed by atoms with Gasteiger partial charge in [0.2, 0.25) is 5.91 Å². The molecular formula is C37H33N3O3. The van der Waals surface area contributed by atoms with Crippen LogP contribution in [-0.4, -0.2) is 32.3 Å². The Hall–Kier alpha value is -5.04. The molecule has 1 atom stereocenters. The van der Waals surface area contributed by atoms with Gasteiger partial charge in [-0.05, 0) is 57.6 Å². The number of amides is 1. The maximum Gasteiger partial charge on any atom is 0.248 e. The van der Waals surface area contributed by atoms with Crippen LogP contribution in [0.2, 0.25) is 0 Å². The number of imidazole rings is 1. The summed E-state index contributed by atoms with van der Waals surface area (Å²) in [6.07, 6.45) is 3.69. The first kappa shape index (κ1) is 28.1. The number of fused-ring (bicyclic) bond motifs is 1. The van der Waals surface area contributed by atoms with Gasteiger partial charge in [0.05, 0.1) is 12.0 Å². The van der Waals surface area contributed by atoms with E-state index in [1.54, 1.807) is 12.4 Å². The van der Waals surface area contributed by atoms with Crippen molar-refractivity contribution in [1.29, 1.82) is 0 Å². The first-order valence-electron chi connectivity index (χ1n) is 14.3. The zero-order chi connectivity index (χ0) is 30.0. The molecule has 0 spiro atoms. The molecule has 43 heavy (non-hydrogen) atoms. The van der Waals surface area contributed by atoms with Gasteiger partial charge in [0, 0.05) is 24.8 Å². The van der Waals surface area contributed by atoms with Crippen LogP contribution in [0.1, 0.15) is 50.3 Å². The van der Waals surface area contributed by atoms with Crippen LogP contribution in [0.25, 0.3) is 10.8 Å². The summed E-state index contributed by atoms with van der Waals surface area (Å²) in [7, 11) is 0. The number of rotatable bonds is 9. The molecule has 0 aliphatic carbocycles. The highest BCUT2D eigenvalue weighted by Crippen LogP contribution is 2.42. The van der Waals surface area contributed by atoms with Crippen LogP contribution in [-0.2, 0) is 11.1 Å². The maximum atomic E-state index is 12.3. The predicted octanol–water partition coefficient (Wildman–Crippen LogP) is 5.90. The van der Waals surface area contributed by atoms with Gasteiger partial charge in [0.25, 0.3) is 0 Å². The van der Waals surface area contributed by atoms with Gasteiger partial charge >= 0.3 is 0 Å². The molecule has 6 aromatic rings. The monoisotopic (exact) mass is 567 g/mol. The second-order valence-corrected chi connectivity index (χ2v) is 10.8. The lowest BCUT2D eigenvalue weighted by Gasteiger charge is -2.37. The molecule has 5 aromatic carbocycles. The summed E-state index contributed by atoms with van der Waals surface area (Å²) in [5.41, 5.74) is 8.55. The first-order valence-corrected chi connectivity index (χ1v) is 14.3. The summed E-state index contributed by atoms with van der Waals surface area (Å²) in [5, 5.41) is 24.2. The molecule has 0 aliphatic heterocycles. The van der Waals surface area contributed by atoms with Crippen molar-refractivity contribution in [3.8, 4) is 0 Å². The number of nitrogens with two attached hydrogens (primary N) is 1. The molecule has 1 aromatic heterocycles. The van der Waals surface area contributed by atoms with Crippen LogP contribution in [0.4, 0.5) is 0 Å². The van der Waals surface area contributed by atoms with Gasteiger partial charge in [-0.2, -0.15) is 0 Å². The Bertz CT molecular complexity index is 1790. The fourth-order valence-corrected chi connectivity index (χ4v) is 6.30. The minimum atomic E-state index is -1.58. The zero-order valence-corrected chi connectivity index (χ0v) is 23.9. The highest BCUT2D eigenvalue weighted by Gasteiger charge is 2.41. The largest absolute Gasteiger partial charge is 0.396 e. The highest BCUT2D eigenvalue weighted by atomic mass is 16.3. The van der Waals surface area contributed by atoms with Crippen LogP contribution >= 0.6 is 0 Å².